The molecule has 0 unspecified atom stereocenters. The van der Waals surface area contributed by atoms with E-state index in [1.165, 1.54) is 12.8 Å². The van der Waals surface area contributed by atoms with Crippen LogP contribution in [0.15, 0.2) is 18.2 Å². The Labute approximate surface area is 114 Å². The molecule has 2 rings (SSSR count). The molecule has 1 heterocycles. The van der Waals surface area contributed by atoms with Crippen LogP contribution in [0.3, 0.4) is 0 Å². The van der Waals surface area contributed by atoms with Gasteiger partial charge in [0.1, 0.15) is 0 Å². The normalized spacial score (nSPS) is 16.4. The number of benzene rings is 1. The van der Waals surface area contributed by atoms with Crippen molar-refractivity contribution in [1.29, 1.82) is 0 Å². The molecule has 0 spiro atoms. The molecular weight excluding hydrogens is 243 g/mol. The Hall–Kier alpha value is -1.29. The molecule has 0 atom stereocenters. The topological polar surface area (TPSA) is 24.5 Å². The minimum absolute atomic E-state index is 0.281. The standard InChI is InChI=1S/C15H23FN2O/c1-3-19-15-5-4-13(10-14(15)16)18(2)11-12-6-8-17-9-7-12/h4-5,10,12,17H,3,6-9,11H2,1-2H3. The fraction of sp³-hybridized carbons (Fsp3) is 0.600. The largest absolute Gasteiger partial charge is 0.491 e. The summed E-state index contributed by atoms with van der Waals surface area (Å²) in [5.41, 5.74) is 0.916. The second-order valence-electron chi connectivity index (χ2n) is 5.12. The number of anilines is 1. The maximum Gasteiger partial charge on any atom is 0.167 e. The van der Waals surface area contributed by atoms with E-state index in [2.05, 4.69) is 10.2 Å². The Bertz CT molecular complexity index is 405. The molecule has 4 heteroatoms. The number of nitrogens with one attached hydrogen (secondary N) is 1. The van der Waals surface area contributed by atoms with Crippen molar-refractivity contribution in [2.45, 2.75) is 19.8 Å². The van der Waals surface area contributed by atoms with E-state index in [1.807, 2.05) is 20.0 Å². The van der Waals surface area contributed by atoms with Gasteiger partial charge in [0.25, 0.3) is 0 Å². The molecule has 1 saturated heterocycles. The predicted molar refractivity (Wildman–Crippen MR) is 76.4 cm³/mol. The van der Waals surface area contributed by atoms with Crippen molar-refractivity contribution < 1.29 is 9.13 Å². The summed E-state index contributed by atoms with van der Waals surface area (Å²) in [4.78, 5) is 2.13. The minimum atomic E-state index is -0.281. The van der Waals surface area contributed by atoms with Crippen LogP contribution in [0.5, 0.6) is 5.75 Å². The molecule has 1 aromatic carbocycles. The van der Waals surface area contributed by atoms with Gasteiger partial charge in [-0.1, -0.05) is 0 Å². The zero-order valence-corrected chi connectivity index (χ0v) is 11.8. The van der Waals surface area contributed by atoms with Crippen LogP contribution in [0.1, 0.15) is 19.8 Å². The van der Waals surface area contributed by atoms with Crippen LogP contribution in [-0.2, 0) is 0 Å². The van der Waals surface area contributed by atoms with E-state index in [9.17, 15) is 4.39 Å². The quantitative estimate of drug-likeness (QED) is 0.886. The van der Waals surface area contributed by atoms with Crippen LogP contribution in [0.4, 0.5) is 10.1 Å². The summed E-state index contributed by atoms with van der Waals surface area (Å²) in [6.07, 6.45) is 2.40. The van der Waals surface area contributed by atoms with E-state index in [0.717, 1.165) is 25.3 Å². The van der Waals surface area contributed by atoms with Gasteiger partial charge < -0.3 is 15.0 Å². The average molecular weight is 266 g/mol. The first-order valence-corrected chi connectivity index (χ1v) is 7.05. The lowest BCUT2D eigenvalue weighted by molar-refractivity contribution is 0.321. The van der Waals surface area contributed by atoms with Crippen LogP contribution in [0.2, 0.25) is 0 Å². The van der Waals surface area contributed by atoms with Crippen molar-refractivity contribution in [1.82, 2.24) is 5.32 Å². The molecule has 0 radical (unpaired) electrons. The monoisotopic (exact) mass is 266 g/mol. The molecular formula is C15H23FN2O. The lowest BCUT2D eigenvalue weighted by Crippen LogP contribution is -2.34. The first-order chi connectivity index (χ1) is 9.20. The third kappa shape index (κ3) is 3.83. The number of hydrogen-bond donors (Lipinski definition) is 1. The Morgan fingerprint density at radius 2 is 2.11 bits per heavy atom. The zero-order chi connectivity index (χ0) is 13.7. The van der Waals surface area contributed by atoms with E-state index >= 15 is 0 Å². The molecule has 0 aromatic heterocycles. The van der Waals surface area contributed by atoms with Gasteiger partial charge in [-0.05, 0) is 50.9 Å². The number of halogens is 1. The Morgan fingerprint density at radius 1 is 1.37 bits per heavy atom. The molecule has 106 valence electrons. The number of ether oxygens (including phenoxy) is 1. The summed E-state index contributed by atoms with van der Waals surface area (Å²) in [5, 5.41) is 3.36. The first kappa shape index (κ1) is 14.1. The molecule has 1 N–H and O–H groups in total. The zero-order valence-electron chi connectivity index (χ0n) is 11.8. The van der Waals surface area contributed by atoms with Crippen molar-refractivity contribution in [3.8, 4) is 5.75 Å². The van der Waals surface area contributed by atoms with Gasteiger partial charge in [-0.3, -0.25) is 0 Å². The van der Waals surface area contributed by atoms with Gasteiger partial charge in [0.2, 0.25) is 0 Å². The van der Waals surface area contributed by atoms with Crippen molar-refractivity contribution in [3.63, 3.8) is 0 Å². The lowest BCUT2D eigenvalue weighted by Gasteiger charge is -2.29. The molecule has 1 aromatic rings. The lowest BCUT2D eigenvalue weighted by atomic mass is 9.97. The van der Waals surface area contributed by atoms with Crippen LogP contribution in [-0.4, -0.2) is 33.3 Å². The third-order valence-electron chi connectivity index (χ3n) is 3.65. The summed E-state index contributed by atoms with van der Waals surface area (Å²) in [6, 6.07) is 5.20. The minimum Gasteiger partial charge on any atom is -0.491 e. The highest BCUT2D eigenvalue weighted by Gasteiger charge is 2.16. The number of rotatable bonds is 5. The molecule has 0 amide bonds. The fourth-order valence-corrected chi connectivity index (χ4v) is 2.56. The van der Waals surface area contributed by atoms with Gasteiger partial charge in [-0.2, -0.15) is 0 Å². The van der Waals surface area contributed by atoms with Crippen LogP contribution < -0.4 is 15.0 Å². The summed E-state index contributed by atoms with van der Waals surface area (Å²) in [7, 11) is 2.02. The highest BCUT2D eigenvalue weighted by Crippen LogP contribution is 2.24. The van der Waals surface area contributed by atoms with Crippen molar-refractivity contribution >= 4 is 5.69 Å². The first-order valence-electron chi connectivity index (χ1n) is 7.05. The van der Waals surface area contributed by atoms with Gasteiger partial charge in [0.05, 0.1) is 6.61 Å². The number of hydrogen-bond acceptors (Lipinski definition) is 3. The van der Waals surface area contributed by atoms with Crippen LogP contribution in [0.25, 0.3) is 0 Å². The highest BCUT2D eigenvalue weighted by atomic mass is 19.1. The Morgan fingerprint density at radius 3 is 2.74 bits per heavy atom. The van der Waals surface area contributed by atoms with Crippen molar-refractivity contribution in [3.05, 3.63) is 24.0 Å². The highest BCUT2D eigenvalue weighted by molar-refractivity contribution is 5.49. The van der Waals surface area contributed by atoms with E-state index in [0.29, 0.717) is 18.3 Å². The molecule has 0 saturated carbocycles. The summed E-state index contributed by atoms with van der Waals surface area (Å²) in [5.74, 6) is 0.749. The molecule has 3 nitrogen and oxygen atoms in total. The van der Waals surface area contributed by atoms with E-state index in [-0.39, 0.29) is 5.82 Å². The maximum absolute atomic E-state index is 13.8. The van der Waals surface area contributed by atoms with Crippen LogP contribution >= 0.6 is 0 Å². The smallest absolute Gasteiger partial charge is 0.167 e. The summed E-state index contributed by atoms with van der Waals surface area (Å²) in [6.45, 7) is 5.51. The van der Waals surface area contributed by atoms with Gasteiger partial charge in [0.15, 0.2) is 11.6 Å². The van der Waals surface area contributed by atoms with E-state index in [1.54, 1.807) is 12.1 Å². The van der Waals surface area contributed by atoms with Gasteiger partial charge in [0, 0.05) is 25.3 Å². The summed E-state index contributed by atoms with van der Waals surface area (Å²) >= 11 is 0. The van der Waals surface area contributed by atoms with Crippen molar-refractivity contribution in [2.75, 3.05) is 38.2 Å². The van der Waals surface area contributed by atoms with E-state index in [4.69, 9.17) is 4.74 Å². The van der Waals surface area contributed by atoms with Gasteiger partial charge >= 0.3 is 0 Å². The van der Waals surface area contributed by atoms with E-state index < -0.39 is 0 Å². The molecule has 1 aliphatic heterocycles. The van der Waals surface area contributed by atoms with Gasteiger partial charge in [-0.15, -0.1) is 0 Å². The number of piperidine rings is 1. The predicted octanol–water partition coefficient (Wildman–Crippen LogP) is 2.66. The average Bonchev–Trinajstić information content (AvgIpc) is 2.42. The third-order valence-corrected chi connectivity index (χ3v) is 3.65. The molecule has 0 aliphatic carbocycles. The molecule has 1 aliphatic rings. The van der Waals surface area contributed by atoms with Crippen molar-refractivity contribution in [2.24, 2.45) is 5.92 Å². The summed E-state index contributed by atoms with van der Waals surface area (Å²) < 4.78 is 19.0. The SMILES string of the molecule is CCOc1ccc(N(C)CC2CCNCC2)cc1F. The fourth-order valence-electron chi connectivity index (χ4n) is 2.56. The number of nitrogens with zero attached hydrogens (tertiary/aromatic N) is 1. The molecule has 1 fully saturated rings. The van der Waals surface area contributed by atoms with Gasteiger partial charge in [-0.25, -0.2) is 4.39 Å². The second kappa shape index (κ2) is 6.75. The Kier molecular flexibility index (Phi) is 5.02. The second-order valence-corrected chi connectivity index (χ2v) is 5.12. The maximum atomic E-state index is 13.8. The van der Waals surface area contributed by atoms with Crippen LogP contribution in [0, 0.1) is 11.7 Å². The Balaban J connectivity index is 1.98. The molecule has 0 bridgehead atoms. The molecule has 19 heavy (non-hydrogen) atoms.